The molecule has 0 N–H and O–H groups in total. The molecule has 0 aromatic heterocycles. The van der Waals surface area contributed by atoms with Gasteiger partial charge in [-0.3, -0.25) is 0 Å². The van der Waals surface area contributed by atoms with Crippen molar-refractivity contribution in [2.75, 3.05) is 0 Å². The summed E-state index contributed by atoms with van der Waals surface area (Å²) < 4.78 is 1.49. The van der Waals surface area contributed by atoms with Crippen molar-refractivity contribution in [2.24, 2.45) is 5.92 Å². The second-order valence-electron chi connectivity index (χ2n) is 7.76. The quantitative estimate of drug-likeness (QED) is 0.384. The Bertz CT molecular complexity index is 773. The van der Waals surface area contributed by atoms with E-state index < -0.39 is 0 Å². The Hall–Kier alpha value is -0.496. The molecule has 1 aliphatic carbocycles. The summed E-state index contributed by atoms with van der Waals surface area (Å²) in [4.78, 5) is 0. The maximum Gasteiger partial charge on any atom is -1.00 e. The van der Waals surface area contributed by atoms with Gasteiger partial charge in [-0.25, -0.2) is 0 Å². The van der Waals surface area contributed by atoms with Crippen molar-refractivity contribution in [3.05, 3.63) is 92.9 Å². The first-order valence-electron chi connectivity index (χ1n) is 10.4. The van der Waals surface area contributed by atoms with Gasteiger partial charge in [-0.2, -0.15) is 0 Å². The van der Waals surface area contributed by atoms with E-state index in [-0.39, 0.29) is 42.6 Å². The van der Waals surface area contributed by atoms with Gasteiger partial charge in [0.1, 0.15) is 0 Å². The molecule has 30 heavy (non-hydrogen) atoms. The topological polar surface area (TPSA) is 0 Å². The van der Waals surface area contributed by atoms with E-state index in [0.717, 1.165) is 6.42 Å². The van der Waals surface area contributed by atoms with E-state index in [1.165, 1.54) is 40.7 Å². The first-order valence-corrected chi connectivity index (χ1v) is 11.2. The Balaban J connectivity index is 0.00000280. The Morgan fingerprint density at radius 1 is 0.867 bits per heavy atom. The molecule has 3 rings (SSSR count). The zero-order valence-corrected chi connectivity index (χ0v) is 21.9. The van der Waals surface area contributed by atoms with E-state index in [9.17, 15) is 0 Å². The molecule has 0 saturated heterocycles. The van der Waals surface area contributed by atoms with Gasteiger partial charge in [0.25, 0.3) is 0 Å². The summed E-state index contributed by atoms with van der Waals surface area (Å²) in [5, 5.41) is 0. The van der Waals surface area contributed by atoms with Gasteiger partial charge in [-0.15, -0.1) is 0 Å². The van der Waals surface area contributed by atoms with Crippen LogP contribution in [-0.2, 0) is 25.9 Å². The zero-order chi connectivity index (χ0) is 19.3. The first-order chi connectivity index (χ1) is 13.1. The number of rotatable bonds is 8. The molecule has 1 unspecified atom stereocenters. The summed E-state index contributed by atoms with van der Waals surface area (Å²) in [7, 11) is 0. The van der Waals surface area contributed by atoms with Crippen molar-refractivity contribution in [3.63, 3.8) is 0 Å². The monoisotopic (exact) mass is 496 g/mol. The van der Waals surface area contributed by atoms with E-state index in [4.69, 9.17) is 0 Å². The fourth-order valence-corrected chi connectivity index (χ4v) is 5.38. The Morgan fingerprint density at radius 3 is 1.80 bits per heavy atom. The molecule has 0 radical (unpaired) electrons. The summed E-state index contributed by atoms with van der Waals surface area (Å²) in [6, 6.07) is 22.5. The van der Waals surface area contributed by atoms with Crippen LogP contribution in [0.15, 0.2) is 81.8 Å². The summed E-state index contributed by atoms with van der Waals surface area (Å²) in [5.74, 6) is 0.604. The minimum Gasteiger partial charge on any atom is -1.00 e. The number of halogens is 3. The van der Waals surface area contributed by atoms with E-state index in [1.807, 2.05) is 0 Å². The van der Waals surface area contributed by atoms with Crippen LogP contribution in [0.2, 0.25) is 0 Å². The maximum atomic E-state index is 2.46. The van der Waals surface area contributed by atoms with Crippen LogP contribution >= 0.6 is 0 Å². The van der Waals surface area contributed by atoms with Crippen molar-refractivity contribution in [1.82, 2.24) is 0 Å². The Kier molecular flexibility index (Phi) is 13.6. The third-order valence-electron chi connectivity index (χ3n) is 6.18. The predicted octanol–water partition coefficient (Wildman–Crippen LogP) is -1.65. The summed E-state index contributed by atoms with van der Waals surface area (Å²) in [5.41, 5.74) is 6.12. The van der Waals surface area contributed by atoms with Gasteiger partial charge in [0.15, 0.2) is 0 Å². The van der Waals surface area contributed by atoms with E-state index in [1.54, 1.807) is 11.1 Å². The Morgan fingerprint density at radius 2 is 1.37 bits per heavy atom. The van der Waals surface area contributed by atoms with Gasteiger partial charge in [0.2, 0.25) is 0 Å². The molecule has 0 nitrogen and oxygen atoms in total. The second-order valence-corrected chi connectivity index (χ2v) is 8.61. The average molecular weight is 498 g/mol. The molecule has 160 valence electrons. The minimum atomic E-state index is -0.0223. The SMILES string of the molecule is CCCCC(C1=C(C(C)CC)[C]([Ti+3])=CC1)(c1ccccc1)c1ccccc1.[Cl-].[Cl-].[Cl-]. The molecular weight excluding hydrogens is 467 g/mol. The number of unbranched alkanes of at least 4 members (excludes halogenated alkanes) is 1. The third kappa shape index (κ3) is 5.84. The minimum absolute atomic E-state index is 0. The average Bonchev–Trinajstić information content (AvgIpc) is 3.11. The molecule has 0 heterocycles. The summed E-state index contributed by atoms with van der Waals surface area (Å²) >= 11 is 2.31. The molecular formula is C26H31Cl3Ti. The molecule has 2 aromatic carbocycles. The van der Waals surface area contributed by atoms with Gasteiger partial charge in [-0.05, 0) is 0 Å². The standard InChI is InChI=1S/C26H31.3ClH.Ti/c1-4-6-20-26(22-14-9-7-10-15-22,23-16-11-8-12-17-23)25-19-13-18-24(25)21(3)5-2;;;;/h7-17,21H,4-6,19-20H2,1-3H3;3*1H;/q;;;;+3/p-3. The van der Waals surface area contributed by atoms with Gasteiger partial charge < -0.3 is 37.2 Å². The van der Waals surface area contributed by atoms with Gasteiger partial charge >= 0.3 is 178 Å². The van der Waals surface area contributed by atoms with Crippen molar-refractivity contribution in [3.8, 4) is 0 Å². The number of allylic oxidation sites excluding steroid dienone is 4. The molecule has 0 spiro atoms. The van der Waals surface area contributed by atoms with Crippen LogP contribution in [0.3, 0.4) is 0 Å². The molecule has 4 heteroatoms. The molecule has 2 aromatic rings. The fourth-order valence-electron chi connectivity index (χ4n) is 4.60. The van der Waals surface area contributed by atoms with E-state index >= 15 is 0 Å². The third-order valence-corrected chi connectivity index (χ3v) is 6.92. The smallest absolute Gasteiger partial charge is 1.00 e. The van der Waals surface area contributed by atoms with Crippen LogP contribution in [0, 0.1) is 5.92 Å². The zero-order valence-electron chi connectivity index (χ0n) is 18.1. The van der Waals surface area contributed by atoms with Crippen LogP contribution < -0.4 is 37.2 Å². The number of hydrogen-bond donors (Lipinski definition) is 0. The number of benzene rings is 2. The largest absolute Gasteiger partial charge is 1.00 e. The summed E-state index contributed by atoms with van der Waals surface area (Å²) in [6.07, 6.45) is 8.37. The van der Waals surface area contributed by atoms with Crippen LogP contribution in [0.5, 0.6) is 0 Å². The molecule has 0 bridgehead atoms. The Labute approximate surface area is 213 Å². The molecule has 1 aliphatic rings. The normalized spacial score (nSPS) is 14.2. The van der Waals surface area contributed by atoms with Crippen molar-refractivity contribution in [2.45, 2.75) is 58.3 Å². The van der Waals surface area contributed by atoms with Crippen LogP contribution in [-0.4, -0.2) is 0 Å². The predicted molar refractivity (Wildman–Crippen MR) is 112 cm³/mol. The molecule has 1 atom stereocenters. The van der Waals surface area contributed by atoms with Crippen LogP contribution in [0.25, 0.3) is 0 Å². The maximum absolute atomic E-state index is 2.46. The van der Waals surface area contributed by atoms with Gasteiger partial charge in [-0.1, -0.05) is 0 Å². The van der Waals surface area contributed by atoms with Gasteiger partial charge in [0.05, 0.1) is 0 Å². The molecule has 0 aliphatic heterocycles. The fraction of sp³-hybridized carbons (Fsp3) is 0.385. The van der Waals surface area contributed by atoms with E-state index in [2.05, 4.69) is 108 Å². The van der Waals surface area contributed by atoms with Crippen molar-refractivity contribution >= 4 is 0 Å². The molecule has 0 amide bonds. The molecule has 0 fully saturated rings. The second kappa shape index (κ2) is 13.8. The van der Waals surface area contributed by atoms with Crippen LogP contribution in [0.1, 0.15) is 64.0 Å². The van der Waals surface area contributed by atoms with Crippen molar-refractivity contribution in [1.29, 1.82) is 0 Å². The first kappa shape index (κ1) is 29.5. The van der Waals surface area contributed by atoms with E-state index in [0.29, 0.717) is 5.92 Å². The molecule has 0 saturated carbocycles. The van der Waals surface area contributed by atoms with Crippen LogP contribution in [0.4, 0.5) is 0 Å². The van der Waals surface area contributed by atoms with Crippen molar-refractivity contribution < 1.29 is 57.7 Å². The number of hydrogen-bond acceptors (Lipinski definition) is 0. The van der Waals surface area contributed by atoms with Gasteiger partial charge in [0, 0.05) is 0 Å². The summed E-state index contributed by atoms with van der Waals surface area (Å²) in [6.45, 7) is 7.03.